The molecule has 5 N–H and O–H groups in total. The number of nitro groups is 2. The highest BCUT2D eigenvalue weighted by Gasteiger charge is 2.24. The van der Waals surface area contributed by atoms with E-state index >= 15 is 0 Å². The molecule has 0 aliphatic rings. The van der Waals surface area contributed by atoms with Gasteiger partial charge in [0.1, 0.15) is 11.4 Å². The van der Waals surface area contributed by atoms with Gasteiger partial charge in [-0.05, 0) is 34.4 Å². The topological polar surface area (TPSA) is 190 Å². The molecule has 0 saturated carbocycles. The predicted octanol–water partition coefficient (Wildman–Crippen LogP) is 8.15. The Kier molecular flexibility index (Phi) is 15.8. The molecule has 14 heteroatoms. The second-order valence-corrected chi connectivity index (χ2v) is 12.8. The quantitative estimate of drug-likeness (QED) is 0.0393. The number of aliphatic hydroxyl groups excluding tert-OH is 1. The Bertz CT molecular complexity index is 2030. The van der Waals surface area contributed by atoms with Crippen LogP contribution in [0.3, 0.4) is 0 Å². The lowest BCUT2D eigenvalue weighted by Gasteiger charge is -2.14. The number of pyridine rings is 2. The number of aliphatic hydroxyl groups is 1. The van der Waals surface area contributed by atoms with E-state index in [1.165, 1.54) is 0 Å². The molecule has 0 unspecified atom stereocenters. The third-order valence-corrected chi connectivity index (χ3v) is 8.64. The van der Waals surface area contributed by atoms with Gasteiger partial charge >= 0.3 is 11.4 Å². The first kappa shape index (κ1) is 41.3. The van der Waals surface area contributed by atoms with Crippen LogP contribution in [0.4, 0.5) is 34.4 Å². The van der Waals surface area contributed by atoms with Crippen LogP contribution in [-0.4, -0.2) is 45.2 Å². The normalized spacial score (nSPS) is 10.5. The summed E-state index contributed by atoms with van der Waals surface area (Å²) in [4.78, 5) is 31.6. The molecule has 57 heavy (non-hydrogen) atoms. The van der Waals surface area contributed by atoms with E-state index in [9.17, 15) is 25.3 Å². The summed E-state index contributed by atoms with van der Waals surface area (Å²) in [5, 5.41) is 45.5. The average molecular weight is 771 g/mol. The van der Waals surface area contributed by atoms with Crippen LogP contribution in [0.1, 0.15) is 33.6 Å². The summed E-state index contributed by atoms with van der Waals surface area (Å²) >= 11 is 0. The molecule has 14 nitrogen and oxygen atoms in total. The summed E-state index contributed by atoms with van der Waals surface area (Å²) in [5.74, 6) is 0.443. The molecule has 0 radical (unpaired) electrons. The minimum atomic E-state index is -0.434. The molecule has 0 spiro atoms. The van der Waals surface area contributed by atoms with Crippen molar-refractivity contribution in [3.8, 4) is 0 Å². The lowest BCUT2D eigenvalue weighted by molar-refractivity contribution is -0.383. The Morgan fingerprint density at radius 1 is 0.544 bits per heavy atom. The zero-order valence-corrected chi connectivity index (χ0v) is 31.6. The minimum Gasteiger partial charge on any atom is -0.396 e. The maximum Gasteiger partial charge on any atom is 0.334 e. The van der Waals surface area contributed by atoms with E-state index in [0.29, 0.717) is 62.7 Å². The number of ether oxygens (including phenoxy) is 1. The number of nitrogens with zero attached hydrogens (tertiary/aromatic N) is 4. The largest absolute Gasteiger partial charge is 0.396 e. The van der Waals surface area contributed by atoms with Crippen molar-refractivity contribution >= 4 is 34.4 Å². The number of benzene rings is 4. The van der Waals surface area contributed by atoms with Gasteiger partial charge in [-0.2, -0.15) is 0 Å². The Morgan fingerprint density at radius 3 is 1.19 bits per heavy atom. The minimum absolute atomic E-state index is 0.0574. The lowest BCUT2D eigenvalue weighted by Crippen LogP contribution is -2.11. The van der Waals surface area contributed by atoms with Crippen molar-refractivity contribution in [2.75, 3.05) is 41.6 Å². The highest BCUT2D eigenvalue weighted by atomic mass is 16.6. The standard InChI is InChI=1S/C22H24N4O3.C21H22N4O3/c1-29-13-12-19-14-20(23-15-17-8-4-2-5-9-17)21(26(27)28)22(25-19)24-16-18-10-6-3-7-11-18;26-12-11-18-13-19(22-14-16-7-3-1-4-8-16)20(25(27)28)21(24-18)23-15-17-9-5-2-6-10-17/h2-11,14H,12-13,15-16H2,1H3,(H2,23,24,25);1-10,13,26H,11-12,14-15H2,(H2,22,23,24). The van der Waals surface area contributed by atoms with Crippen LogP contribution in [0, 0.1) is 20.2 Å². The molecule has 0 saturated heterocycles. The van der Waals surface area contributed by atoms with E-state index in [2.05, 4.69) is 31.2 Å². The van der Waals surface area contributed by atoms with Gasteiger partial charge in [-0.15, -0.1) is 0 Å². The van der Waals surface area contributed by atoms with Crippen molar-refractivity contribution in [3.63, 3.8) is 0 Å². The number of hydrogen-bond acceptors (Lipinski definition) is 12. The molecule has 4 aromatic carbocycles. The Morgan fingerprint density at radius 2 is 0.877 bits per heavy atom. The van der Waals surface area contributed by atoms with Crippen LogP contribution in [0.15, 0.2) is 133 Å². The molecule has 0 aliphatic heterocycles. The number of methoxy groups -OCH3 is 1. The molecule has 2 heterocycles. The number of anilines is 4. The molecule has 0 atom stereocenters. The van der Waals surface area contributed by atoms with Crippen LogP contribution in [0.25, 0.3) is 0 Å². The summed E-state index contributed by atoms with van der Waals surface area (Å²) in [6.07, 6.45) is 0.882. The summed E-state index contributed by atoms with van der Waals surface area (Å²) in [5.41, 5.74) is 6.02. The van der Waals surface area contributed by atoms with Crippen LogP contribution in [0.5, 0.6) is 0 Å². The monoisotopic (exact) mass is 770 g/mol. The van der Waals surface area contributed by atoms with E-state index in [0.717, 1.165) is 27.9 Å². The number of rotatable bonds is 19. The Hall–Kier alpha value is -6.90. The van der Waals surface area contributed by atoms with Crippen molar-refractivity contribution < 1.29 is 19.7 Å². The van der Waals surface area contributed by atoms with Crippen LogP contribution >= 0.6 is 0 Å². The second kappa shape index (κ2) is 21.9. The van der Waals surface area contributed by atoms with Crippen molar-refractivity contribution in [3.05, 3.63) is 187 Å². The van der Waals surface area contributed by atoms with Crippen molar-refractivity contribution in [1.29, 1.82) is 0 Å². The third kappa shape index (κ3) is 12.8. The highest BCUT2D eigenvalue weighted by Crippen LogP contribution is 2.34. The molecule has 0 bridgehead atoms. The fraction of sp³-hybridized carbons (Fsp3) is 0.209. The average Bonchev–Trinajstić information content (AvgIpc) is 3.24. The maximum absolute atomic E-state index is 11.9. The molecule has 6 aromatic rings. The first-order valence-electron chi connectivity index (χ1n) is 18.4. The summed E-state index contributed by atoms with van der Waals surface area (Å²) in [7, 11) is 1.62. The molecule has 0 aliphatic carbocycles. The number of hydrogen-bond donors (Lipinski definition) is 5. The van der Waals surface area contributed by atoms with Crippen LogP contribution in [0.2, 0.25) is 0 Å². The Balaban J connectivity index is 0.000000218. The maximum atomic E-state index is 11.9. The van der Waals surface area contributed by atoms with E-state index < -0.39 is 9.85 Å². The van der Waals surface area contributed by atoms with E-state index in [4.69, 9.17) is 4.74 Å². The number of aromatic nitrogens is 2. The first-order chi connectivity index (χ1) is 27.8. The van der Waals surface area contributed by atoms with Gasteiger partial charge in [-0.3, -0.25) is 20.2 Å². The van der Waals surface area contributed by atoms with Crippen LogP contribution in [-0.2, 0) is 43.8 Å². The number of nitrogens with one attached hydrogen (secondary N) is 4. The molecular weight excluding hydrogens is 725 g/mol. The first-order valence-corrected chi connectivity index (χ1v) is 18.4. The second-order valence-electron chi connectivity index (χ2n) is 12.8. The summed E-state index contributed by atoms with van der Waals surface area (Å²) in [6, 6.07) is 42.1. The highest BCUT2D eigenvalue weighted by molar-refractivity contribution is 5.75. The van der Waals surface area contributed by atoms with Crippen molar-refractivity contribution in [2.24, 2.45) is 0 Å². The Labute approximate surface area is 331 Å². The van der Waals surface area contributed by atoms with Gasteiger partial charge in [0.15, 0.2) is 0 Å². The predicted molar refractivity (Wildman–Crippen MR) is 223 cm³/mol. The van der Waals surface area contributed by atoms with Crippen molar-refractivity contribution in [1.82, 2.24) is 9.97 Å². The molecule has 294 valence electrons. The molecular formula is C43H46N8O6. The zero-order valence-electron chi connectivity index (χ0n) is 31.6. The van der Waals surface area contributed by atoms with E-state index in [1.807, 2.05) is 121 Å². The van der Waals surface area contributed by atoms with Gasteiger partial charge < -0.3 is 31.1 Å². The summed E-state index contributed by atoms with van der Waals surface area (Å²) in [6.45, 7) is 2.19. The van der Waals surface area contributed by atoms with Gasteiger partial charge in [-0.25, -0.2) is 9.97 Å². The molecule has 0 fully saturated rings. The SMILES string of the molecule is COCCc1cc(NCc2ccccc2)c([N+](=O)[O-])c(NCc2ccccc2)n1.O=[N+]([O-])c1c(NCc2ccccc2)cc(CCO)nc1NCc1ccccc1. The van der Waals surface area contributed by atoms with Gasteiger partial charge in [0, 0.05) is 64.1 Å². The van der Waals surface area contributed by atoms with Crippen molar-refractivity contribution in [2.45, 2.75) is 39.0 Å². The van der Waals surface area contributed by atoms with Gasteiger partial charge in [0.25, 0.3) is 0 Å². The fourth-order valence-corrected chi connectivity index (χ4v) is 5.80. The molecule has 6 rings (SSSR count). The fourth-order valence-electron chi connectivity index (χ4n) is 5.80. The molecule has 2 aromatic heterocycles. The smallest absolute Gasteiger partial charge is 0.334 e. The lowest BCUT2D eigenvalue weighted by atomic mass is 10.2. The van der Waals surface area contributed by atoms with Crippen LogP contribution < -0.4 is 21.3 Å². The van der Waals surface area contributed by atoms with E-state index in [1.54, 1.807) is 19.2 Å². The molecule has 0 amide bonds. The zero-order chi connectivity index (χ0) is 40.2. The third-order valence-electron chi connectivity index (χ3n) is 8.64. The van der Waals surface area contributed by atoms with Gasteiger partial charge in [0.05, 0.1) is 16.5 Å². The van der Waals surface area contributed by atoms with E-state index in [-0.39, 0.29) is 29.6 Å². The van der Waals surface area contributed by atoms with Gasteiger partial charge in [-0.1, -0.05) is 121 Å². The van der Waals surface area contributed by atoms with Gasteiger partial charge in [0.2, 0.25) is 11.6 Å². The summed E-state index contributed by atoms with van der Waals surface area (Å²) < 4.78 is 5.15.